The minimum absolute atomic E-state index is 0.0136. The molecule has 2 fully saturated rings. The van der Waals surface area contributed by atoms with Crippen LogP contribution in [0.25, 0.3) is 0 Å². The number of hydrogen-bond acceptors (Lipinski definition) is 3. The highest BCUT2D eigenvalue weighted by Gasteiger charge is 2.32. The third-order valence-electron chi connectivity index (χ3n) is 5.79. The second-order valence-corrected chi connectivity index (χ2v) is 8.44. The van der Waals surface area contributed by atoms with Crippen LogP contribution in [0.2, 0.25) is 5.02 Å². The van der Waals surface area contributed by atoms with Crippen LogP contribution in [0.15, 0.2) is 18.2 Å². The summed E-state index contributed by atoms with van der Waals surface area (Å²) in [7, 11) is 0. The zero-order valence-electron chi connectivity index (χ0n) is 16.8. The Kier molecular flexibility index (Phi) is 7.63. The Hall–Kier alpha value is -1.80. The van der Waals surface area contributed by atoms with E-state index in [4.69, 9.17) is 11.6 Å². The molecule has 2 amide bonds. The second-order valence-electron chi connectivity index (χ2n) is 8.03. The molecule has 1 N–H and O–H groups in total. The van der Waals surface area contributed by atoms with E-state index in [9.17, 15) is 22.8 Å². The Labute approximate surface area is 179 Å². The standard InChI is InChI=1S/C21H27ClF3N3O2/c22-17-6-5-16(21(23,24)25)13-18(17)26-19(29)14-27-11-7-15(8-12-27)20(30)28-9-3-1-2-4-10-28/h5-6,13,15H,1-4,7-12,14H2,(H,26,29). The van der Waals surface area contributed by atoms with Crippen molar-refractivity contribution in [3.63, 3.8) is 0 Å². The van der Waals surface area contributed by atoms with Crippen molar-refractivity contribution in [2.75, 3.05) is 38.0 Å². The molecule has 3 rings (SSSR count). The van der Waals surface area contributed by atoms with Crippen LogP contribution >= 0.6 is 11.6 Å². The van der Waals surface area contributed by atoms with Gasteiger partial charge in [0.05, 0.1) is 22.8 Å². The van der Waals surface area contributed by atoms with E-state index in [0.717, 1.165) is 44.1 Å². The summed E-state index contributed by atoms with van der Waals surface area (Å²) in [5.74, 6) is -0.217. The highest BCUT2D eigenvalue weighted by atomic mass is 35.5. The van der Waals surface area contributed by atoms with Gasteiger partial charge < -0.3 is 10.2 Å². The molecule has 1 aromatic carbocycles. The molecular weight excluding hydrogens is 419 g/mol. The number of hydrogen-bond donors (Lipinski definition) is 1. The Bertz CT molecular complexity index is 756. The lowest BCUT2D eigenvalue weighted by Crippen LogP contribution is -2.44. The fourth-order valence-corrected chi connectivity index (χ4v) is 4.24. The van der Waals surface area contributed by atoms with Gasteiger partial charge in [-0.1, -0.05) is 24.4 Å². The van der Waals surface area contributed by atoms with Crippen molar-refractivity contribution in [1.82, 2.24) is 9.80 Å². The van der Waals surface area contributed by atoms with Gasteiger partial charge in [-0.05, 0) is 57.0 Å². The molecule has 2 heterocycles. The summed E-state index contributed by atoms with van der Waals surface area (Å²) >= 11 is 5.93. The van der Waals surface area contributed by atoms with Crippen molar-refractivity contribution >= 4 is 29.1 Å². The lowest BCUT2D eigenvalue weighted by atomic mass is 9.95. The molecule has 0 radical (unpaired) electrons. The number of carbonyl (C=O) groups excluding carboxylic acids is 2. The lowest BCUT2D eigenvalue weighted by Gasteiger charge is -2.33. The lowest BCUT2D eigenvalue weighted by molar-refractivity contribution is -0.138. The third kappa shape index (κ3) is 6.11. The van der Waals surface area contributed by atoms with Crippen LogP contribution in [-0.4, -0.2) is 54.3 Å². The number of amides is 2. The van der Waals surface area contributed by atoms with Gasteiger partial charge in [0, 0.05) is 19.0 Å². The first-order valence-electron chi connectivity index (χ1n) is 10.4. The molecule has 2 aliphatic heterocycles. The molecule has 0 saturated carbocycles. The maximum Gasteiger partial charge on any atom is 0.416 e. The molecule has 0 spiro atoms. The molecule has 166 valence electrons. The van der Waals surface area contributed by atoms with Crippen molar-refractivity contribution < 1.29 is 22.8 Å². The smallest absolute Gasteiger partial charge is 0.342 e. The molecule has 9 heteroatoms. The van der Waals surface area contributed by atoms with E-state index in [-0.39, 0.29) is 29.1 Å². The molecule has 0 aliphatic carbocycles. The van der Waals surface area contributed by atoms with Gasteiger partial charge in [-0.25, -0.2) is 0 Å². The van der Waals surface area contributed by atoms with Crippen LogP contribution in [-0.2, 0) is 15.8 Å². The molecule has 2 saturated heterocycles. The molecule has 0 atom stereocenters. The predicted molar refractivity (Wildman–Crippen MR) is 109 cm³/mol. The number of nitrogens with one attached hydrogen (secondary N) is 1. The summed E-state index contributed by atoms with van der Waals surface area (Å²) < 4.78 is 38.6. The second kappa shape index (κ2) is 10.0. The van der Waals surface area contributed by atoms with Gasteiger partial charge in [0.2, 0.25) is 11.8 Å². The Morgan fingerprint density at radius 2 is 1.67 bits per heavy atom. The number of anilines is 1. The number of halogens is 4. The largest absolute Gasteiger partial charge is 0.416 e. The maximum atomic E-state index is 12.9. The van der Waals surface area contributed by atoms with E-state index >= 15 is 0 Å². The van der Waals surface area contributed by atoms with Crippen LogP contribution in [0.4, 0.5) is 18.9 Å². The van der Waals surface area contributed by atoms with E-state index in [2.05, 4.69) is 5.32 Å². The SMILES string of the molecule is O=C(CN1CCC(C(=O)N2CCCCCC2)CC1)Nc1cc(C(F)(F)F)ccc1Cl. The first kappa shape index (κ1) is 22.9. The predicted octanol–water partition coefficient (Wildman–Crippen LogP) is 4.41. The van der Waals surface area contributed by atoms with E-state index in [1.807, 2.05) is 9.80 Å². The number of rotatable bonds is 4. The first-order chi connectivity index (χ1) is 14.2. The average molecular weight is 446 g/mol. The van der Waals surface area contributed by atoms with Crippen LogP contribution < -0.4 is 5.32 Å². The van der Waals surface area contributed by atoms with Gasteiger partial charge in [-0.2, -0.15) is 13.2 Å². The molecule has 2 aliphatic rings. The number of benzene rings is 1. The zero-order valence-corrected chi connectivity index (χ0v) is 17.6. The van der Waals surface area contributed by atoms with Gasteiger partial charge in [-0.3, -0.25) is 14.5 Å². The third-order valence-corrected chi connectivity index (χ3v) is 6.12. The summed E-state index contributed by atoms with van der Waals surface area (Å²) in [5.41, 5.74) is -0.919. The number of alkyl halides is 3. The molecule has 5 nitrogen and oxygen atoms in total. The van der Waals surface area contributed by atoms with Gasteiger partial charge in [0.25, 0.3) is 0 Å². The highest BCUT2D eigenvalue weighted by molar-refractivity contribution is 6.33. The van der Waals surface area contributed by atoms with Crippen molar-refractivity contribution in [2.24, 2.45) is 5.92 Å². The molecule has 1 aromatic rings. The number of nitrogens with zero attached hydrogens (tertiary/aromatic N) is 2. The van der Waals surface area contributed by atoms with Gasteiger partial charge in [-0.15, -0.1) is 0 Å². The monoisotopic (exact) mass is 445 g/mol. The molecule has 0 bridgehead atoms. The molecular formula is C21H27ClF3N3O2. The van der Waals surface area contributed by atoms with Gasteiger partial charge in [0.1, 0.15) is 0 Å². The Morgan fingerprint density at radius 1 is 1.03 bits per heavy atom. The minimum atomic E-state index is -4.51. The van der Waals surface area contributed by atoms with E-state index in [1.165, 1.54) is 12.8 Å². The van der Waals surface area contributed by atoms with Crippen LogP contribution in [0.3, 0.4) is 0 Å². The fourth-order valence-electron chi connectivity index (χ4n) is 4.08. The summed E-state index contributed by atoms with van der Waals surface area (Å²) in [4.78, 5) is 29.0. The topological polar surface area (TPSA) is 52.7 Å². The van der Waals surface area contributed by atoms with E-state index in [0.29, 0.717) is 25.9 Å². The number of likely N-dealkylation sites (tertiary alicyclic amines) is 2. The molecule has 30 heavy (non-hydrogen) atoms. The summed E-state index contributed by atoms with van der Waals surface area (Å²) in [6.45, 7) is 2.93. The van der Waals surface area contributed by atoms with Crippen LogP contribution in [0.1, 0.15) is 44.1 Å². The highest BCUT2D eigenvalue weighted by Crippen LogP contribution is 2.33. The molecule has 0 aromatic heterocycles. The van der Waals surface area contributed by atoms with E-state index in [1.54, 1.807) is 0 Å². The zero-order chi connectivity index (χ0) is 21.7. The van der Waals surface area contributed by atoms with Crippen molar-refractivity contribution in [3.05, 3.63) is 28.8 Å². The quantitative estimate of drug-likeness (QED) is 0.746. The van der Waals surface area contributed by atoms with Crippen molar-refractivity contribution in [1.29, 1.82) is 0 Å². The summed E-state index contributed by atoms with van der Waals surface area (Å²) in [6, 6.07) is 2.84. The normalized spacial score (nSPS) is 19.4. The maximum absolute atomic E-state index is 12.9. The Balaban J connectivity index is 1.49. The first-order valence-corrected chi connectivity index (χ1v) is 10.8. The van der Waals surface area contributed by atoms with Crippen molar-refractivity contribution in [3.8, 4) is 0 Å². The van der Waals surface area contributed by atoms with Crippen LogP contribution in [0, 0.1) is 5.92 Å². The Morgan fingerprint density at radius 3 is 2.27 bits per heavy atom. The summed E-state index contributed by atoms with van der Waals surface area (Å²) in [5, 5.41) is 2.53. The minimum Gasteiger partial charge on any atom is -0.342 e. The van der Waals surface area contributed by atoms with Crippen LogP contribution in [0.5, 0.6) is 0 Å². The number of piperidine rings is 1. The fraction of sp³-hybridized carbons (Fsp3) is 0.619. The van der Waals surface area contributed by atoms with Gasteiger partial charge >= 0.3 is 6.18 Å². The summed E-state index contributed by atoms with van der Waals surface area (Å²) in [6.07, 6.45) is 1.33. The number of carbonyl (C=O) groups is 2. The average Bonchev–Trinajstić information content (AvgIpc) is 2.98. The molecule has 0 unspecified atom stereocenters. The van der Waals surface area contributed by atoms with E-state index < -0.39 is 17.6 Å². The van der Waals surface area contributed by atoms with Gasteiger partial charge in [0.15, 0.2) is 0 Å². The van der Waals surface area contributed by atoms with Crippen molar-refractivity contribution in [2.45, 2.75) is 44.7 Å².